The first kappa shape index (κ1) is 49.7. The Balaban J connectivity index is 0.979. The molecule has 2 fully saturated rings. The normalized spacial score (nSPS) is 16.2. The van der Waals surface area contributed by atoms with Gasteiger partial charge in [0.2, 0.25) is 59.1 Å². The van der Waals surface area contributed by atoms with Gasteiger partial charge in [0.15, 0.2) is 0 Å². The Bertz CT molecular complexity index is 1750. The van der Waals surface area contributed by atoms with Crippen molar-refractivity contribution in [1.82, 2.24) is 83.7 Å². The number of amides is 10. The van der Waals surface area contributed by atoms with E-state index < -0.39 is 97.6 Å². The molecular formula is C38H58N16O10. The van der Waals surface area contributed by atoms with Crippen LogP contribution < -0.4 is 63.8 Å². The van der Waals surface area contributed by atoms with Gasteiger partial charge in [-0.1, -0.05) is 0 Å². The van der Waals surface area contributed by atoms with Gasteiger partial charge in [-0.05, 0) is 51.6 Å². The van der Waals surface area contributed by atoms with Crippen molar-refractivity contribution in [2.75, 3.05) is 65.4 Å². The fourth-order valence-electron chi connectivity index (χ4n) is 6.39. The van der Waals surface area contributed by atoms with Crippen LogP contribution in [0.5, 0.6) is 0 Å². The smallest absolute Gasteiger partial charge is 0.243 e. The summed E-state index contributed by atoms with van der Waals surface area (Å²) in [6, 6.07) is -2.77. The Morgan fingerprint density at radius 1 is 0.500 bits per heavy atom. The van der Waals surface area contributed by atoms with Gasteiger partial charge in [-0.2, -0.15) is 0 Å². The van der Waals surface area contributed by atoms with Crippen molar-refractivity contribution in [2.45, 2.75) is 75.5 Å². The zero-order chi connectivity index (χ0) is 46.1. The van der Waals surface area contributed by atoms with Crippen molar-refractivity contribution < 1.29 is 47.9 Å². The van der Waals surface area contributed by atoms with Crippen LogP contribution >= 0.6 is 0 Å². The lowest BCUT2D eigenvalue weighted by molar-refractivity contribution is -0.131. The zero-order valence-corrected chi connectivity index (χ0v) is 35.3. The molecule has 0 unspecified atom stereocenters. The third-order valence-electron chi connectivity index (χ3n) is 9.86. The van der Waals surface area contributed by atoms with Crippen LogP contribution in [0.3, 0.4) is 0 Å². The molecular weight excluding hydrogens is 841 g/mol. The van der Waals surface area contributed by atoms with Gasteiger partial charge >= 0.3 is 0 Å². The first-order chi connectivity index (χ1) is 30.9. The summed E-state index contributed by atoms with van der Waals surface area (Å²) in [5.41, 5.74) is 1.21. The van der Waals surface area contributed by atoms with Crippen molar-refractivity contribution in [3.63, 3.8) is 0 Å². The van der Waals surface area contributed by atoms with Crippen LogP contribution in [-0.2, 0) is 60.8 Å². The minimum atomic E-state index is -0.975. The summed E-state index contributed by atoms with van der Waals surface area (Å²) < 4.78 is 0. The Kier molecular flexibility index (Phi) is 21.1. The molecule has 2 aromatic rings. The zero-order valence-electron chi connectivity index (χ0n) is 35.3. The molecule has 0 radical (unpaired) electrons. The Hall–Kier alpha value is -6.96. The quantitative estimate of drug-likeness (QED) is 0.0371. The lowest BCUT2D eigenvalue weighted by atomic mass is 10.1. The van der Waals surface area contributed by atoms with E-state index in [1.165, 1.54) is 25.0 Å². The monoisotopic (exact) mass is 898 g/mol. The van der Waals surface area contributed by atoms with E-state index in [1.807, 2.05) is 0 Å². The van der Waals surface area contributed by atoms with Crippen LogP contribution in [0.4, 0.5) is 0 Å². The topological polar surface area (TPSA) is 372 Å². The van der Waals surface area contributed by atoms with Gasteiger partial charge in [0.05, 0.1) is 64.0 Å². The predicted octanol–water partition coefficient (Wildman–Crippen LogP) is -6.90. The van der Waals surface area contributed by atoms with E-state index in [4.69, 9.17) is 0 Å². The van der Waals surface area contributed by atoms with E-state index >= 15 is 0 Å². The minimum absolute atomic E-state index is 0.118. The maximum absolute atomic E-state index is 12.9. The molecule has 0 bridgehead atoms. The number of nitrogens with zero attached hydrogens (tertiary/aromatic N) is 2. The van der Waals surface area contributed by atoms with Crippen LogP contribution in [0, 0.1) is 0 Å². The molecule has 4 atom stereocenters. The molecule has 0 aromatic carbocycles. The first-order valence-corrected chi connectivity index (χ1v) is 21.0. The van der Waals surface area contributed by atoms with Gasteiger partial charge in [0.25, 0.3) is 0 Å². The summed E-state index contributed by atoms with van der Waals surface area (Å²) in [5, 5.41) is 31.1. The molecule has 14 N–H and O–H groups in total. The fourth-order valence-corrected chi connectivity index (χ4v) is 6.39. The third-order valence-corrected chi connectivity index (χ3v) is 9.86. The van der Waals surface area contributed by atoms with Gasteiger partial charge in [-0.25, -0.2) is 9.97 Å². The van der Waals surface area contributed by atoms with Gasteiger partial charge in [-0.3, -0.25) is 47.9 Å². The third kappa shape index (κ3) is 19.0. The van der Waals surface area contributed by atoms with E-state index in [0.29, 0.717) is 50.2 Å². The van der Waals surface area contributed by atoms with Crippen molar-refractivity contribution in [3.05, 3.63) is 36.4 Å². The summed E-state index contributed by atoms with van der Waals surface area (Å²) in [6.45, 7) is -0.633. The van der Waals surface area contributed by atoms with Crippen LogP contribution in [0.15, 0.2) is 25.0 Å². The van der Waals surface area contributed by atoms with Gasteiger partial charge in [0.1, 0.15) is 12.1 Å². The summed E-state index contributed by atoms with van der Waals surface area (Å²) >= 11 is 0. The molecule has 0 spiro atoms. The maximum atomic E-state index is 12.9. The number of imidazole rings is 2. The molecule has 26 heteroatoms. The molecule has 2 aromatic heterocycles. The van der Waals surface area contributed by atoms with Crippen molar-refractivity contribution in [3.8, 4) is 0 Å². The van der Waals surface area contributed by atoms with E-state index in [0.717, 1.165) is 12.8 Å². The highest BCUT2D eigenvalue weighted by Gasteiger charge is 2.29. The van der Waals surface area contributed by atoms with Crippen LogP contribution in [0.1, 0.15) is 49.9 Å². The number of H-pyrrole nitrogens is 2. The molecule has 2 saturated heterocycles. The molecule has 4 rings (SSSR count). The van der Waals surface area contributed by atoms with Gasteiger partial charge in [0, 0.05) is 49.7 Å². The number of unbranched alkanes of at least 4 members (excludes halogenated alkanes) is 1. The number of hydrogen-bond donors (Lipinski definition) is 14. The number of carbonyl (C=O) groups is 10. The number of aromatic nitrogens is 4. The number of hydrogen-bond acceptors (Lipinski definition) is 14. The number of carbonyl (C=O) groups excluding carboxylic acids is 10. The Morgan fingerprint density at radius 2 is 0.844 bits per heavy atom. The standard InChI is InChI=1S/C38H58N16O10/c55-29(15-45-31(57)17-47-33(59)19-49-35(61)27(11-23-13-39-21-51-23)53-37(63)25-5-3-9-41-25)43-7-1-2-8-44-30(56)16-46-32(58)18-48-34(60)20-50-36(62)28(12-24-14-40-22-52-24)54-38(64)26-6-4-10-42-26/h13-14,21-22,25-28,41-42H,1-12,15-20H2,(H,39,51)(H,40,52)(H,43,55)(H,44,56)(H,45,57)(H,46,58)(H,47,59)(H,48,60)(H,49,61)(H,50,62)(H,53,63)(H,54,64)/t25-,26-,27-,28-/m0/s1. The number of aromatic amines is 2. The molecule has 4 heterocycles. The van der Waals surface area contributed by atoms with E-state index in [9.17, 15) is 47.9 Å². The van der Waals surface area contributed by atoms with E-state index in [2.05, 4.69) is 83.7 Å². The maximum Gasteiger partial charge on any atom is 0.243 e. The van der Waals surface area contributed by atoms with Crippen LogP contribution in [0.25, 0.3) is 0 Å². The SMILES string of the molecule is O=C(CNC(=O)CNC(=O)CNC(=O)[C@H](Cc1cnc[nH]1)NC(=O)[C@@H]1CCCN1)NCCCCNC(=O)CNC(=O)CNC(=O)CNC(=O)[C@H](Cc1cnc[nH]1)NC(=O)[C@@H]1CCCN1. The average molecular weight is 899 g/mol. The lowest BCUT2D eigenvalue weighted by Gasteiger charge is -2.20. The largest absolute Gasteiger partial charge is 0.355 e. The molecule has 350 valence electrons. The second-order valence-electron chi connectivity index (χ2n) is 14.9. The summed E-state index contributed by atoms with van der Waals surface area (Å²) in [5.74, 6) is -5.43. The molecule has 0 saturated carbocycles. The van der Waals surface area contributed by atoms with Crippen molar-refractivity contribution >= 4 is 59.1 Å². The average Bonchev–Trinajstić information content (AvgIpc) is 4.15. The highest BCUT2D eigenvalue weighted by Crippen LogP contribution is 2.08. The lowest BCUT2D eigenvalue weighted by Crippen LogP contribution is -2.53. The Labute approximate surface area is 367 Å². The second-order valence-corrected chi connectivity index (χ2v) is 14.9. The van der Waals surface area contributed by atoms with E-state index in [1.54, 1.807) is 0 Å². The van der Waals surface area contributed by atoms with Crippen molar-refractivity contribution in [2.24, 2.45) is 0 Å². The summed E-state index contributed by atoms with van der Waals surface area (Å²) in [4.78, 5) is 138. The minimum Gasteiger partial charge on any atom is -0.355 e. The number of rotatable bonds is 27. The molecule has 64 heavy (non-hydrogen) atoms. The molecule has 10 amide bonds. The number of nitrogens with one attached hydrogen (secondary N) is 14. The predicted molar refractivity (Wildman–Crippen MR) is 224 cm³/mol. The van der Waals surface area contributed by atoms with Crippen LogP contribution in [-0.4, -0.2) is 169 Å². The molecule has 26 nitrogen and oxygen atoms in total. The highest BCUT2D eigenvalue weighted by atomic mass is 16.2. The molecule has 2 aliphatic rings. The first-order valence-electron chi connectivity index (χ1n) is 21.0. The summed E-state index contributed by atoms with van der Waals surface area (Å²) in [7, 11) is 0. The fraction of sp³-hybridized carbons (Fsp3) is 0.579. The van der Waals surface area contributed by atoms with Crippen molar-refractivity contribution in [1.29, 1.82) is 0 Å². The Morgan fingerprint density at radius 3 is 1.16 bits per heavy atom. The van der Waals surface area contributed by atoms with Crippen LogP contribution in [0.2, 0.25) is 0 Å². The van der Waals surface area contributed by atoms with Gasteiger partial charge in [-0.15, -0.1) is 0 Å². The van der Waals surface area contributed by atoms with E-state index in [-0.39, 0.29) is 50.8 Å². The van der Waals surface area contributed by atoms with Gasteiger partial charge < -0.3 is 73.8 Å². The summed E-state index contributed by atoms with van der Waals surface area (Å²) in [6.07, 6.45) is 10.1. The second kappa shape index (κ2) is 27.2. The highest BCUT2D eigenvalue weighted by molar-refractivity contribution is 5.94. The molecule has 2 aliphatic heterocycles. The molecule has 0 aliphatic carbocycles.